The van der Waals surface area contributed by atoms with Crippen molar-refractivity contribution in [3.63, 3.8) is 0 Å². The van der Waals surface area contributed by atoms with Crippen LogP contribution in [0, 0.1) is 5.92 Å². The highest BCUT2D eigenvalue weighted by Gasteiger charge is 2.17. The van der Waals surface area contributed by atoms with Crippen LogP contribution < -0.4 is 5.32 Å². The van der Waals surface area contributed by atoms with Crippen LogP contribution in [0.15, 0.2) is 12.1 Å². The minimum absolute atomic E-state index is 0.108. The molecular formula is C15H22ClNO2S. The van der Waals surface area contributed by atoms with Gasteiger partial charge in [0.1, 0.15) is 6.10 Å². The van der Waals surface area contributed by atoms with Crippen LogP contribution in [0.25, 0.3) is 0 Å². The summed E-state index contributed by atoms with van der Waals surface area (Å²) < 4.78 is 6.16. The summed E-state index contributed by atoms with van der Waals surface area (Å²) in [5.74, 6) is 0.886. The van der Waals surface area contributed by atoms with Gasteiger partial charge in [0.2, 0.25) is 5.91 Å². The number of carbonyl (C=O) groups is 1. The van der Waals surface area contributed by atoms with Crippen molar-refractivity contribution in [2.24, 2.45) is 5.92 Å². The van der Waals surface area contributed by atoms with Crippen molar-refractivity contribution in [3.8, 4) is 0 Å². The fourth-order valence-electron chi connectivity index (χ4n) is 2.73. The van der Waals surface area contributed by atoms with Crippen LogP contribution in [0.4, 0.5) is 0 Å². The molecule has 1 heterocycles. The van der Waals surface area contributed by atoms with E-state index in [0.29, 0.717) is 13.0 Å². The highest BCUT2D eigenvalue weighted by atomic mass is 35.5. The second-order valence-electron chi connectivity index (χ2n) is 5.36. The molecule has 20 heavy (non-hydrogen) atoms. The number of carbonyl (C=O) groups excluding carboxylic acids is 1. The lowest BCUT2D eigenvalue weighted by molar-refractivity contribution is -0.121. The quantitative estimate of drug-likeness (QED) is 0.820. The van der Waals surface area contributed by atoms with E-state index in [-0.39, 0.29) is 12.0 Å². The predicted molar refractivity (Wildman–Crippen MR) is 83.3 cm³/mol. The Morgan fingerprint density at radius 2 is 2.25 bits per heavy atom. The van der Waals surface area contributed by atoms with Gasteiger partial charge in [0.25, 0.3) is 0 Å². The van der Waals surface area contributed by atoms with E-state index in [9.17, 15) is 4.79 Å². The van der Waals surface area contributed by atoms with Crippen molar-refractivity contribution in [2.75, 3.05) is 13.7 Å². The van der Waals surface area contributed by atoms with Gasteiger partial charge in [0.05, 0.1) is 4.34 Å². The van der Waals surface area contributed by atoms with Crippen LogP contribution in [0.3, 0.4) is 0 Å². The zero-order valence-corrected chi connectivity index (χ0v) is 13.4. The first-order valence-corrected chi connectivity index (χ1v) is 8.43. The Morgan fingerprint density at radius 1 is 1.50 bits per heavy atom. The van der Waals surface area contributed by atoms with Gasteiger partial charge in [0, 0.05) is 25.0 Å². The van der Waals surface area contributed by atoms with Crippen molar-refractivity contribution < 1.29 is 9.53 Å². The van der Waals surface area contributed by atoms with E-state index in [1.807, 2.05) is 12.1 Å². The molecule has 1 fully saturated rings. The van der Waals surface area contributed by atoms with E-state index in [0.717, 1.165) is 21.6 Å². The second-order valence-corrected chi connectivity index (χ2v) is 7.11. The van der Waals surface area contributed by atoms with Crippen LogP contribution in [0.5, 0.6) is 0 Å². The summed E-state index contributed by atoms with van der Waals surface area (Å²) in [6.45, 7) is 0.511. The molecule has 0 aliphatic heterocycles. The maximum atomic E-state index is 11.9. The summed E-state index contributed by atoms with van der Waals surface area (Å²) in [7, 11) is 1.66. The molecule has 112 valence electrons. The number of hydrogen-bond acceptors (Lipinski definition) is 3. The van der Waals surface area contributed by atoms with Crippen LogP contribution in [-0.4, -0.2) is 19.6 Å². The molecule has 0 bridgehead atoms. The minimum atomic E-state index is -0.108. The lowest BCUT2D eigenvalue weighted by Gasteiger charge is -2.15. The fraction of sp³-hybridized carbons (Fsp3) is 0.667. The number of halogens is 1. The van der Waals surface area contributed by atoms with Crippen molar-refractivity contribution in [1.29, 1.82) is 0 Å². The van der Waals surface area contributed by atoms with Gasteiger partial charge in [-0.2, -0.15) is 0 Å². The normalized spacial score (nSPS) is 17.3. The van der Waals surface area contributed by atoms with Gasteiger partial charge in [-0.15, -0.1) is 11.3 Å². The summed E-state index contributed by atoms with van der Waals surface area (Å²) >= 11 is 7.42. The largest absolute Gasteiger partial charge is 0.374 e. The Kier molecular flexibility index (Phi) is 6.33. The molecule has 1 N–H and O–H groups in total. The fourth-order valence-corrected chi connectivity index (χ4v) is 3.87. The molecule has 1 unspecified atom stereocenters. The van der Waals surface area contributed by atoms with Crippen molar-refractivity contribution in [1.82, 2.24) is 5.32 Å². The Labute approximate surface area is 129 Å². The first-order chi connectivity index (χ1) is 9.69. The molecule has 2 rings (SSSR count). The molecule has 1 atom stereocenters. The molecule has 1 aromatic rings. The molecule has 0 saturated heterocycles. The van der Waals surface area contributed by atoms with Crippen molar-refractivity contribution in [3.05, 3.63) is 21.3 Å². The number of rotatable bonds is 7. The SMILES string of the molecule is COC(CNC(=O)CCC1CCCC1)c1ccc(Cl)s1. The van der Waals surface area contributed by atoms with E-state index in [1.54, 1.807) is 7.11 Å². The summed E-state index contributed by atoms with van der Waals surface area (Å²) in [6, 6.07) is 3.81. The number of nitrogens with one attached hydrogen (secondary N) is 1. The van der Waals surface area contributed by atoms with Crippen LogP contribution in [0.1, 0.15) is 49.5 Å². The van der Waals surface area contributed by atoms with E-state index >= 15 is 0 Å². The summed E-state index contributed by atoms with van der Waals surface area (Å²) in [5.41, 5.74) is 0. The smallest absolute Gasteiger partial charge is 0.220 e. The first kappa shape index (κ1) is 15.8. The second kappa shape index (κ2) is 8.01. The molecular weight excluding hydrogens is 294 g/mol. The van der Waals surface area contributed by atoms with Crippen LogP contribution >= 0.6 is 22.9 Å². The van der Waals surface area contributed by atoms with Gasteiger partial charge in [-0.3, -0.25) is 4.79 Å². The zero-order chi connectivity index (χ0) is 14.4. The van der Waals surface area contributed by atoms with Gasteiger partial charge in [-0.1, -0.05) is 37.3 Å². The first-order valence-electron chi connectivity index (χ1n) is 7.23. The Bertz CT molecular complexity index is 429. The average Bonchev–Trinajstić information content (AvgIpc) is 3.09. The molecule has 0 radical (unpaired) electrons. The van der Waals surface area contributed by atoms with Gasteiger partial charge in [-0.05, 0) is 24.5 Å². The lowest BCUT2D eigenvalue weighted by atomic mass is 10.0. The van der Waals surface area contributed by atoms with E-state index in [2.05, 4.69) is 5.32 Å². The van der Waals surface area contributed by atoms with Gasteiger partial charge in [0.15, 0.2) is 0 Å². The molecule has 0 aromatic carbocycles. The zero-order valence-electron chi connectivity index (χ0n) is 11.9. The average molecular weight is 316 g/mol. The third kappa shape index (κ3) is 4.76. The van der Waals surface area contributed by atoms with Gasteiger partial charge < -0.3 is 10.1 Å². The molecule has 1 amide bonds. The molecule has 1 aliphatic rings. The number of amides is 1. The number of ether oxygens (including phenoxy) is 1. The molecule has 5 heteroatoms. The standard InChI is InChI=1S/C15H22ClNO2S/c1-19-12(13-7-8-14(16)20-13)10-17-15(18)9-6-11-4-2-3-5-11/h7-8,11-12H,2-6,9-10H2,1H3,(H,17,18). The summed E-state index contributed by atoms with van der Waals surface area (Å²) in [6.07, 6.45) is 6.79. The van der Waals surface area contributed by atoms with E-state index < -0.39 is 0 Å². The van der Waals surface area contributed by atoms with E-state index in [1.165, 1.54) is 37.0 Å². The summed E-state index contributed by atoms with van der Waals surface area (Å²) in [5, 5.41) is 2.97. The number of thiophene rings is 1. The summed E-state index contributed by atoms with van der Waals surface area (Å²) in [4.78, 5) is 12.9. The molecule has 3 nitrogen and oxygen atoms in total. The van der Waals surface area contributed by atoms with Crippen molar-refractivity contribution >= 4 is 28.8 Å². The molecule has 0 spiro atoms. The monoisotopic (exact) mass is 315 g/mol. The third-order valence-electron chi connectivity index (χ3n) is 3.93. The van der Waals surface area contributed by atoms with Crippen molar-refractivity contribution in [2.45, 2.75) is 44.6 Å². The molecule has 1 aromatic heterocycles. The number of methoxy groups -OCH3 is 1. The minimum Gasteiger partial charge on any atom is -0.374 e. The highest BCUT2D eigenvalue weighted by molar-refractivity contribution is 7.16. The number of hydrogen-bond donors (Lipinski definition) is 1. The van der Waals surface area contributed by atoms with Crippen LogP contribution in [-0.2, 0) is 9.53 Å². The highest BCUT2D eigenvalue weighted by Crippen LogP contribution is 2.29. The maximum absolute atomic E-state index is 11.9. The topological polar surface area (TPSA) is 38.3 Å². The van der Waals surface area contributed by atoms with E-state index in [4.69, 9.17) is 16.3 Å². The Hall–Kier alpha value is -0.580. The van der Waals surface area contributed by atoms with Crippen LogP contribution in [0.2, 0.25) is 4.34 Å². The van der Waals surface area contributed by atoms with Gasteiger partial charge >= 0.3 is 0 Å². The molecule has 1 saturated carbocycles. The maximum Gasteiger partial charge on any atom is 0.220 e. The lowest BCUT2D eigenvalue weighted by Crippen LogP contribution is -2.28. The Balaban J connectivity index is 1.70. The third-order valence-corrected chi connectivity index (χ3v) is 5.26. The molecule has 1 aliphatic carbocycles. The Morgan fingerprint density at radius 3 is 2.85 bits per heavy atom. The predicted octanol–water partition coefficient (Wildman–Crippen LogP) is 4.18. The van der Waals surface area contributed by atoms with Gasteiger partial charge in [-0.25, -0.2) is 0 Å².